The van der Waals surface area contributed by atoms with Crippen molar-refractivity contribution >= 4 is 0 Å². The molecule has 1 fully saturated rings. The summed E-state index contributed by atoms with van der Waals surface area (Å²) in [5.74, 6) is 1.49. The Bertz CT molecular complexity index is 264. The molecular weight excluding hydrogens is 166 g/mol. The fourth-order valence-electron chi connectivity index (χ4n) is 1.92. The first-order valence-electron chi connectivity index (χ1n) is 4.79. The lowest BCUT2D eigenvalue weighted by Gasteiger charge is -2.21. The van der Waals surface area contributed by atoms with Gasteiger partial charge in [-0.15, -0.1) is 0 Å². The van der Waals surface area contributed by atoms with Crippen molar-refractivity contribution in [3.05, 3.63) is 23.7 Å². The van der Waals surface area contributed by atoms with Gasteiger partial charge in [0, 0.05) is 11.5 Å². The number of hydrogen-bond acceptors (Lipinski definition) is 3. The molecule has 1 saturated heterocycles. The van der Waals surface area contributed by atoms with Crippen LogP contribution in [-0.4, -0.2) is 18.2 Å². The highest BCUT2D eigenvalue weighted by Crippen LogP contribution is 2.28. The molecule has 0 spiro atoms. The third kappa shape index (κ3) is 1.76. The summed E-state index contributed by atoms with van der Waals surface area (Å²) in [6.07, 6.45) is 3.89. The molecular formula is C10H15NO2. The van der Waals surface area contributed by atoms with Gasteiger partial charge in [-0.05, 0) is 32.0 Å². The van der Waals surface area contributed by atoms with E-state index in [0.717, 1.165) is 37.3 Å². The largest absolute Gasteiger partial charge is 0.469 e. The van der Waals surface area contributed by atoms with Crippen molar-refractivity contribution in [2.45, 2.75) is 25.4 Å². The number of piperidine rings is 1. The topological polar surface area (TPSA) is 45.4 Å². The number of aliphatic hydroxyl groups is 1. The van der Waals surface area contributed by atoms with Crippen LogP contribution in [0.4, 0.5) is 0 Å². The maximum atomic E-state index is 9.06. The maximum absolute atomic E-state index is 9.06. The molecule has 3 heteroatoms. The molecule has 2 rings (SSSR count). The molecule has 13 heavy (non-hydrogen) atoms. The lowest BCUT2D eigenvalue weighted by molar-refractivity contribution is 0.273. The van der Waals surface area contributed by atoms with Gasteiger partial charge in [0.2, 0.25) is 0 Å². The van der Waals surface area contributed by atoms with E-state index in [4.69, 9.17) is 9.52 Å². The molecule has 2 N–H and O–H groups in total. The highest BCUT2D eigenvalue weighted by Gasteiger charge is 2.20. The van der Waals surface area contributed by atoms with Gasteiger partial charge in [-0.3, -0.25) is 0 Å². The van der Waals surface area contributed by atoms with Gasteiger partial charge < -0.3 is 14.8 Å². The first kappa shape index (κ1) is 8.78. The quantitative estimate of drug-likeness (QED) is 0.721. The van der Waals surface area contributed by atoms with E-state index in [1.807, 2.05) is 6.07 Å². The summed E-state index contributed by atoms with van der Waals surface area (Å²) in [6.45, 7) is 2.20. The summed E-state index contributed by atoms with van der Waals surface area (Å²) in [5, 5.41) is 12.4. The third-order valence-electron chi connectivity index (χ3n) is 2.66. The summed E-state index contributed by atoms with van der Waals surface area (Å²) in [5.41, 5.74) is 0.951. The van der Waals surface area contributed by atoms with Crippen LogP contribution in [0.25, 0.3) is 0 Å². The molecule has 0 radical (unpaired) electrons. The van der Waals surface area contributed by atoms with E-state index in [-0.39, 0.29) is 6.61 Å². The van der Waals surface area contributed by atoms with Crippen LogP contribution in [0.1, 0.15) is 30.1 Å². The molecule has 1 aliphatic heterocycles. The molecule has 0 atom stereocenters. The molecule has 0 bridgehead atoms. The van der Waals surface area contributed by atoms with Crippen molar-refractivity contribution in [2.24, 2.45) is 0 Å². The number of hydrogen-bond donors (Lipinski definition) is 2. The van der Waals surface area contributed by atoms with Crippen molar-refractivity contribution in [1.29, 1.82) is 0 Å². The summed E-state index contributed by atoms with van der Waals surface area (Å²) in [7, 11) is 0. The smallest absolute Gasteiger partial charge is 0.112 e. The first-order chi connectivity index (χ1) is 6.42. The summed E-state index contributed by atoms with van der Waals surface area (Å²) >= 11 is 0. The van der Waals surface area contributed by atoms with Crippen LogP contribution < -0.4 is 5.32 Å². The van der Waals surface area contributed by atoms with Crippen LogP contribution in [-0.2, 0) is 6.61 Å². The highest BCUT2D eigenvalue weighted by atomic mass is 16.3. The van der Waals surface area contributed by atoms with E-state index < -0.39 is 0 Å². The van der Waals surface area contributed by atoms with Crippen LogP contribution in [0.2, 0.25) is 0 Å². The minimum atomic E-state index is 0.0930. The van der Waals surface area contributed by atoms with Crippen LogP contribution >= 0.6 is 0 Å². The van der Waals surface area contributed by atoms with Gasteiger partial charge in [0.25, 0.3) is 0 Å². The Labute approximate surface area is 77.8 Å². The lowest BCUT2D eigenvalue weighted by Crippen LogP contribution is -2.26. The Morgan fingerprint density at radius 1 is 1.46 bits per heavy atom. The summed E-state index contributed by atoms with van der Waals surface area (Å²) in [6, 6.07) is 1.86. The molecule has 72 valence electrons. The predicted octanol–water partition coefficient (Wildman–Crippen LogP) is 1.24. The standard InChI is InChI=1S/C10H15NO2/c12-7-9-3-6-13-10(9)8-1-4-11-5-2-8/h3,6,8,11-12H,1-2,4-5,7H2. The van der Waals surface area contributed by atoms with Crippen molar-refractivity contribution in [3.63, 3.8) is 0 Å². The van der Waals surface area contributed by atoms with E-state index >= 15 is 0 Å². The van der Waals surface area contributed by atoms with Crippen LogP contribution in [0.5, 0.6) is 0 Å². The molecule has 0 saturated carbocycles. The van der Waals surface area contributed by atoms with Gasteiger partial charge >= 0.3 is 0 Å². The molecule has 0 amide bonds. The molecule has 1 aromatic heterocycles. The zero-order valence-corrected chi connectivity index (χ0v) is 7.62. The molecule has 0 aromatic carbocycles. The SMILES string of the molecule is OCc1ccoc1C1CCNCC1. The highest BCUT2D eigenvalue weighted by molar-refractivity contribution is 5.20. The fraction of sp³-hybridized carbons (Fsp3) is 0.600. The van der Waals surface area contributed by atoms with Crippen LogP contribution in [0, 0.1) is 0 Å². The van der Waals surface area contributed by atoms with Gasteiger partial charge in [0.15, 0.2) is 0 Å². The van der Waals surface area contributed by atoms with Crippen LogP contribution in [0.3, 0.4) is 0 Å². The molecule has 2 heterocycles. The number of rotatable bonds is 2. The van der Waals surface area contributed by atoms with Gasteiger partial charge in [0.05, 0.1) is 12.9 Å². The second-order valence-corrected chi connectivity index (χ2v) is 3.49. The van der Waals surface area contributed by atoms with Gasteiger partial charge in [-0.1, -0.05) is 0 Å². The summed E-state index contributed by atoms with van der Waals surface area (Å²) in [4.78, 5) is 0. The average molecular weight is 181 g/mol. The zero-order chi connectivity index (χ0) is 9.10. The summed E-state index contributed by atoms with van der Waals surface area (Å²) < 4.78 is 5.41. The third-order valence-corrected chi connectivity index (χ3v) is 2.66. The number of aliphatic hydroxyl groups excluding tert-OH is 1. The Balaban J connectivity index is 2.13. The Morgan fingerprint density at radius 3 is 2.92 bits per heavy atom. The monoisotopic (exact) mass is 181 g/mol. The predicted molar refractivity (Wildman–Crippen MR) is 49.5 cm³/mol. The van der Waals surface area contributed by atoms with Gasteiger partial charge in [0.1, 0.15) is 5.76 Å². The van der Waals surface area contributed by atoms with E-state index in [1.165, 1.54) is 0 Å². The minimum Gasteiger partial charge on any atom is -0.469 e. The second kappa shape index (κ2) is 3.94. The van der Waals surface area contributed by atoms with E-state index in [1.54, 1.807) is 6.26 Å². The van der Waals surface area contributed by atoms with E-state index in [0.29, 0.717) is 5.92 Å². The molecule has 3 nitrogen and oxygen atoms in total. The van der Waals surface area contributed by atoms with Crippen LogP contribution in [0.15, 0.2) is 16.7 Å². The molecule has 0 unspecified atom stereocenters. The normalized spacial score (nSPS) is 19.2. The molecule has 0 aliphatic carbocycles. The lowest BCUT2D eigenvalue weighted by atomic mass is 9.93. The number of nitrogens with one attached hydrogen (secondary N) is 1. The minimum absolute atomic E-state index is 0.0930. The van der Waals surface area contributed by atoms with E-state index in [2.05, 4.69) is 5.32 Å². The Hall–Kier alpha value is -0.800. The van der Waals surface area contributed by atoms with Gasteiger partial charge in [-0.25, -0.2) is 0 Å². The van der Waals surface area contributed by atoms with Gasteiger partial charge in [-0.2, -0.15) is 0 Å². The average Bonchev–Trinajstić information content (AvgIpc) is 2.67. The van der Waals surface area contributed by atoms with Crippen molar-refractivity contribution in [3.8, 4) is 0 Å². The Morgan fingerprint density at radius 2 is 2.23 bits per heavy atom. The second-order valence-electron chi connectivity index (χ2n) is 3.49. The van der Waals surface area contributed by atoms with E-state index in [9.17, 15) is 0 Å². The maximum Gasteiger partial charge on any atom is 0.112 e. The van der Waals surface area contributed by atoms with Crippen molar-refractivity contribution in [1.82, 2.24) is 5.32 Å². The van der Waals surface area contributed by atoms with Crippen molar-refractivity contribution < 1.29 is 9.52 Å². The number of furan rings is 1. The van der Waals surface area contributed by atoms with Crippen molar-refractivity contribution in [2.75, 3.05) is 13.1 Å². The molecule has 1 aromatic rings. The zero-order valence-electron chi connectivity index (χ0n) is 7.62. The molecule has 1 aliphatic rings. The fourth-order valence-corrected chi connectivity index (χ4v) is 1.92. The Kier molecular flexibility index (Phi) is 2.66. The first-order valence-corrected chi connectivity index (χ1v) is 4.79.